The van der Waals surface area contributed by atoms with Crippen molar-refractivity contribution in [2.45, 2.75) is 142 Å². The Bertz CT molecular complexity index is 423. The largest absolute Gasteiger partial charge is 0.122 e. The molecule has 0 nitrogen and oxygen atoms in total. The van der Waals surface area contributed by atoms with E-state index in [1.165, 1.54) is 121 Å². The molecule has 1 rings (SSSR count). The topological polar surface area (TPSA) is 0 Å². The lowest BCUT2D eigenvalue weighted by Gasteiger charge is -2.18. The molecular weight excluding hydrogens is 439 g/mol. The van der Waals surface area contributed by atoms with Gasteiger partial charge in [0, 0.05) is 5.88 Å². The first-order chi connectivity index (χ1) is 16.3. The number of benzene rings is 1. The quantitative estimate of drug-likeness (QED) is 0.0849. The maximum absolute atomic E-state index is 5.53. The van der Waals surface area contributed by atoms with Crippen LogP contribution in [0.3, 0.4) is 0 Å². The van der Waals surface area contributed by atoms with Crippen molar-refractivity contribution in [1.29, 1.82) is 0 Å². The molecule has 0 fully saturated rings. The lowest BCUT2D eigenvalue weighted by molar-refractivity contribution is 0.617. The molecule has 0 spiro atoms. The third kappa shape index (κ3) is 24.9. The summed E-state index contributed by atoms with van der Waals surface area (Å²) in [6, 6.07) is 9.96. The van der Waals surface area contributed by atoms with E-state index in [9.17, 15) is 0 Å². The molecule has 0 saturated heterocycles. The molecule has 1 aromatic rings. The molecule has 2 heteroatoms. The average Bonchev–Trinajstić information content (AvgIpc) is 2.85. The summed E-state index contributed by atoms with van der Waals surface area (Å²) in [5.74, 6) is 0.612. The molecule has 0 aliphatic heterocycles. The monoisotopic (exact) mass is 496 g/mol. The van der Waals surface area contributed by atoms with Crippen LogP contribution in [0, 0.1) is 0 Å². The van der Waals surface area contributed by atoms with Gasteiger partial charge in [-0.3, -0.25) is 0 Å². The van der Waals surface area contributed by atoms with Gasteiger partial charge in [-0.25, -0.2) is 0 Å². The van der Waals surface area contributed by atoms with E-state index in [0.717, 1.165) is 0 Å². The van der Waals surface area contributed by atoms with Gasteiger partial charge in [-0.15, -0.1) is 19.5 Å². The van der Waals surface area contributed by atoms with Gasteiger partial charge in [-0.2, -0.15) is 0 Å². The predicted octanol–water partition coefficient (Wildman–Crippen LogP) is 12.0. The Hall–Kier alpha value is -0.0600. The zero-order valence-corrected chi connectivity index (χ0v) is 24.4. The molecule has 0 saturated carbocycles. The van der Waals surface area contributed by atoms with Crippen molar-refractivity contribution in [1.82, 2.24) is 0 Å². The predicted molar refractivity (Wildman–Crippen MR) is 158 cm³/mol. The second kappa shape index (κ2) is 28.2. The molecular formula is C31H58ClP. The summed E-state index contributed by atoms with van der Waals surface area (Å²) in [7, 11) is 0.366. The first-order valence-electron chi connectivity index (χ1n) is 14.6. The van der Waals surface area contributed by atoms with Crippen LogP contribution in [0.15, 0.2) is 30.3 Å². The smallest absolute Gasteiger partial charge is 0.0474 e. The van der Waals surface area contributed by atoms with E-state index in [0.29, 0.717) is 13.8 Å². The molecule has 0 unspecified atom stereocenters. The molecule has 0 atom stereocenters. The van der Waals surface area contributed by atoms with E-state index in [4.69, 9.17) is 11.6 Å². The average molecular weight is 497 g/mol. The Kier molecular flexibility index (Phi) is 28.1. The highest BCUT2D eigenvalue weighted by Gasteiger charge is 2.07. The first-order valence-corrected chi connectivity index (χ1v) is 17.0. The third-order valence-corrected chi connectivity index (χ3v) is 9.64. The van der Waals surface area contributed by atoms with Gasteiger partial charge in [-0.05, 0) is 43.3 Å². The van der Waals surface area contributed by atoms with Crippen molar-refractivity contribution in [3.63, 3.8) is 0 Å². The van der Waals surface area contributed by atoms with Crippen molar-refractivity contribution in [2.75, 3.05) is 18.5 Å². The van der Waals surface area contributed by atoms with Gasteiger partial charge in [-0.1, -0.05) is 147 Å². The van der Waals surface area contributed by atoms with Gasteiger partial charge in [0.25, 0.3) is 0 Å². The van der Waals surface area contributed by atoms with E-state index in [-0.39, 0.29) is 0 Å². The molecule has 0 aliphatic rings. The van der Waals surface area contributed by atoms with Crippen LogP contribution in [0.25, 0.3) is 0 Å². The minimum atomic E-state index is 0.366. The molecule has 0 heterocycles. The van der Waals surface area contributed by atoms with Gasteiger partial charge in [0.1, 0.15) is 0 Å². The summed E-state index contributed by atoms with van der Waals surface area (Å²) in [5.41, 5.74) is 1.18. The highest BCUT2D eigenvalue weighted by Crippen LogP contribution is 2.39. The number of halogens is 1. The molecule has 33 heavy (non-hydrogen) atoms. The number of hydrogen-bond acceptors (Lipinski definition) is 0. The van der Waals surface area contributed by atoms with Crippen LogP contribution in [-0.2, 0) is 5.88 Å². The Morgan fingerprint density at radius 3 is 1.12 bits per heavy atom. The number of rotatable bonds is 22. The zero-order valence-electron chi connectivity index (χ0n) is 22.8. The molecule has 0 N–H and O–H groups in total. The van der Waals surface area contributed by atoms with Crippen LogP contribution in [0.5, 0.6) is 0 Å². The van der Waals surface area contributed by atoms with Crippen LogP contribution in [0.4, 0.5) is 0 Å². The fourth-order valence-corrected chi connectivity index (χ4v) is 7.11. The molecule has 0 amide bonds. The maximum Gasteiger partial charge on any atom is 0.0474 e. The maximum atomic E-state index is 5.53. The van der Waals surface area contributed by atoms with Crippen LogP contribution in [-0.4, -0.2) is 18.5 Å². The lowest BCUT2D eigenvalue weighted by atomic mass is 10.1. The van der Waals surface area contributed by atoms with E-state index in [1.54, 1.807) is 18.5 Å². The highest BCUT2D eigenvalue weighted by molar-refractivity contribution is 7.57. The fourth-order valence-electron chi connectivity index (χ4n) is 4.25. The fraction of sp³-hybridized carbons (Fsp3) is 0.806. The summed E-state index contributed by atoms with van der Waals surface area (Å²) in [5, 5.41) is 0. The van der Waals surface area contributed by atoms with Crippen LogP contribution in [0.1, 0.15) is 142 Å². The van der Waals surface area contributed by atoms with Gasteiger partial charge in [0.2, 0.25) is 0 Å². The van der Waals surface area contributed by atoms with Crippen molar-refractivity contribution in [2.24, 2.45) is 0 Å². The molecule has 0 aliphatic carbocycles. The summed E-state index contributed by atoms with van der Waals surface area (Å²) in [6.07, 6.45) is 31.2. The number of unbranched alkanes of at least 4 members (excludes halogenated alkanes) is 15. The highest BCUT2D eigenvalue weighted by atomic mass is 35.5. The summed E-state index contributed by atoms with van der Waals surface area (Å²) in [4.78, 5) is 0. The van der Waals surface area contributed by atoms with E-state index >= 15 is 0 Å². The van der Waals surface area contributed by atoms with Crippen LogP contribution < -0.4 is 0 Å². The molecule has 0 bridgehead atoms. The minimum absolute atomic E-state index is 0.366. The Labute approximate surface area is 215 Å². The minimum Gasteiger partial charge on any atom is -0.122 e. The van der Waals surface area contributed by atoms with Gasteiger partial charge >= 0.3 is 0 Å². The Morgan fingerprint density at radius 2 is 0.818 bits per heavy atom. The van der Waals surface area contributed by atoms with Crippen molar-refractivity contribution < 1.29 is 0 Å². The standard InChI is InChI=1S/C24H51P.C7H7Cl/c1-4-7-10-13-16-19-22-25(23-20-17-14-11-8-5-2)24-21-18-15-12-9-6-3;8-6-7-4-2-1-3-5-7/h4-24H2,1-3H3;1-5H,6H2. The van der Waals surface area contributed by atoms with Crippen molar-refractivity contribution >= 4 is 19.5 Å². The van der Waals surface area contributed by atoms with Gasteiger partial charge in [0.05, 0.1) is 0 Å². The van der Waals surface area contributed by atoms with E-state index in [2.05, 4.69) is 20.8 Å². The summed E-state index contributed by atoms with van der Waals surface area (Å²) >= 11 is 5.53. The zero-order chi connectivity index (χ0) is 24.2. The number of alkyl halides is 1. The molecule has 0 aromatic heterocycles. The summed E-state index contributed by atoms with van der Waals surface area (Å²) < 4.78 is 0. The SMILES string of the molecule is CCCCCCCCP(CCCCCCCC)CCCCCCCC.ClCc1ccccc1. The van der Waals surface area contributed by atoms with Gasteiger partial charge < -0.3 is 0 Å². The second-order valence-corrected chi connectivity index (χ2v) is 12.7. The summed E-state index contributed by atoms with van der Waals surface area (Å²) in [6.45, 7) is 6.96. The molecule has 1 aromatic carbocycles. The molecule has 194 valence electrons. The van der Waals surface area contributed by atoms with Crippen molar-refractivity contribution in [3.8, 4) is 0 Å². The van der Waals surface area contributed by atoms with E-state index in [1.807, 2.05) is 30.3 Å². The first kappa shape index (κ1) is 32.9. The molecule has 0 radical (unpaired) electrons. The Balaban J connectivity index is 0.00000106. The van der Waals surface area contributed by atoms with Gasteiger partial charge in [0.15, 0.2) is 0 Å². The number of hydrogen-bond donors (Lipinski definition) is 0. The lowest BCUT2D eigenvalue weighted by Crippen LogP contribution is -1.97. The van der Waals surface area contributed by atoms with E-state index < -0.39 is 0 Å². The second-order valence-electron chi connectivity index (χ2n) is 9.76. The Morgan fingerprint density at radius 1 is 0.485 bits per heavy atom. The van der Waals surface area contributed by atoms with Crippen molar-refractivity contribution in [3.05, 3.63) is 35.9 Å². The van der Waals surface area contributed by atoms with Crippen LogP contribution >= 0.6 is 19.5 Å². The normalized spacial score (nSPS) is 10.9. The van der Waals surface area contributed by atoms with Crippen LogP contribution in [0.2, 0.25) is 0 Å². The third-order valence-electron chi connectivity index (χ3n) is 6.48.